The van der Waals surface area contributed by atoms with E-state index in [0.717, 1.165) is 38.3 Å². The van der Waals surface area contributed by atoms with Crippen molar-refractivity contribution >= 4 is 5.57 Å². The van der Waals surface area contributed by atoms with Crippen molar-refractivity contribution in [3.63, 3.8) is 0 Å². The first-order valence-corrected chi connectivity index (χ1v) is 6.53. The van der Waals surface area contributed by atoms with Crippen molar-refractivity contribution in [3.05, 3.63) is 35.9 Å². The quantitative estimate of drug-likeness (QED) is 0.785. The number of ether oxygens (including phenoxy) is 1. The molecule has 2 nitrogen and oxygen atoms in total. The second-order valence-corrected chi connectivity index (χ2v) is 4.41. The van der Waals surface area contributed by atoms with Gasteiger partial charge < -0.3 is 10.1 Å². The van der Waals surface area contributed by atoms with Crippen LogP contribution in [0.25, 0.3) is 5.57 Å². The van der Waals surface area contributed by atoms with Crippen molar-refractivity contribution in [2.24, 2.45) is 0 Å². The van der Waals surface area contributed by atoms with Gasteiger partial charge in [0.05, 0.1) is 6.61 Å². The number of hydrogen-bond donors (Lipinski definition) is 1. The Labute approximate surface area is 104 Å². The topological polar surface area (TPSA) is 21.3 Å². The second-order valence-electron chi connectivity index (χ2n) is 4.41. The van der Waals surface area contributed by atoms with Gasteiger partial charge >= 0.3 is 0 Å². The minimum absolute atomic E-state index is 0.822. The summed E-state index contributed by atoms with van der Waals surface area (Å²) in [6, 6.07) is 8.48. The molecule has 1 aromatic carbocycles. The molecule has 1 aliphatic heterocycles. The Morgan fingerprint density at radius 2 is 2.06 bits per heavy atom. The van der Waals surface area contributed by atoms with Crippen molar-refractivity contribution in [1.82, 2.24) is 5.32 Å². The SMILES string of the molecule is CCCCOc1ccc(C2=CCNCC2)cc1. The molecule has 2 rings (SSSR count). The van der Waals surface area contributed by atoms with Crippen LogP contribution in [0.2, 0.25) is 0 Å². The molecule has 0 aliphatic carbocycles. The van der Waals surface area contributed by atoms with Gasteiger partial charge in [-0.15, -0.1) is 0 Å². The Balaban J connectivity index is 1.95. The minimum atomic E-state index is 0.822. The van der Waals surface area contributed by atoms with Gasteiger partial charge in [0.1, 0.15) is 5.75 Å². The summed E-state index contributed by atoms with van der Waals surface area (Å²) in [6.45, 7) is 5.07. The fraction of sp³-hybridized carbons (Fsp3) is 0.467. The van der Waals surface area contributed by atoms with Crippen LogP contribution in [0.4, 0.5) is 0 Å². The minimum Gasteiger partial charge on any atom is -0.494 e. The van der Waals surface area contributed by atoms with E-state index in [1.807, 2.05) is 0 Å². The van der Waals surface area contributed by atoms with Crippen LogP contribution in [-0.2, 0) is 0 Å². The molecule has 0 spiro atoms. The first-order chi connectivity index (χ1) is 8.40. The smallest absolute Gasteiger partial charge is 0.119 e. The molecule has 1 aliphatic rings. The summed E-state index contributed by atoms with van der Waals surface area (Å²) in [7, 11) is 0. The Bertz CT molecular complexity index is 367. The third kappa shape index (κ3) is 3.60. The molecule has 17 heavy (non-hydrogen) atoms. The van der Waals surface area contributed by atoms with E-state index in [2.05, 4.69) is 42.6 Å². The Morgan fingerprint density at radius 3 is 2.71 bits per heavy atom. The summed E-state index contributed by atoms with van der Waals surface area (Å²) < 4.78 is 5.66. The zero-order valence-electron chi connectivity index (χ0n) is 10.5. The van der Waals surface area contributed by atoms with Gasteiger partial charge in [0.25, 0.3) is 0 Å². The van der Waals surface area contributed by atoms with Gasteiger partial charge in [-0.3, -0.25) is 0 Å². The molecule has 0 saturated carbocycles. The zero-order valence-corrected chi connectivity index (χ0v) is 10.5. The number of benzene rings is 1. The Kier molecular flexibility index (Phi) is 4.63. The summed E-state index contributed by atoms with van der Waals surface area (Å²) in [4.78, 5) is 0. The number of rotatable bonds is 5. The summed E-state index contributed by atoms with van der Waals surface area (Å²) in [5, 5.41) is 3.33. The van der Waals surface area contributed by atoms with Crippen LogP contribution in [0.1, 0.15) is 31.7 Å². The highest BCUT2D eigenvalue weighted by molar-refractivity contribution is 5.67. The van der Waals surface area contributed by atoms with Crippen LogP contribution in [0.15, 0.2) is 30.3 Å². The lowest BCUT2D eigenvalue weighted by Gasteiger charge is -2.14. The van der Waals surface area contributed by atoms with Crippen molar-refractivity contribution in [3.8, 4) is 5.75 Å². The maximum absolute atomic E-state index is 5.66. The van der Waals surface area contributed by atoms with E-state index in [1.54, 1.807) is 0 Å². The molecule has 1 heterocycles. The van der Waals surface area contributed by atoms with Crippen LogP contribution < -0.4 is 10.1 Å². The maximum atomic E-state index is 5.66. The number of hydrogen-bond acceptors (Lipinski definition) is 2. The summed E-state index contributed by atoms with van der Waals surface area (Å²) in [5.41, 5.74) is 2.78. The molecule has 1 aromatic rings. The fourth-order valence-electron chi connectivity index (χ4n) is 1.98. The van der Waals surface area contributed by atoms with Gasteiger partial charge in [-0.1, -0.05) is 31.6 Å². The van der Waals surface area contributed by atoms with E-state index in [-0.39, 0.29) is 0 Å². The number of nitrogens with one attached hydrogen (secondary N) is 1. The standard InChI is InChI=1S/C15H21NO/c1-2-3-12-17-15-6-4-13(5-7-15)14-8-10-16-11-9-14/h4-8,16H,2-3,9-12H2,1H3. The van der Waals surface area contributed by atoms with Gasteiger partial charge in [0.15, 0.2) is 0 Å². The monoisotopic (exact) mass is 231 g/mol. The molecule has 1 N–H and O–H groups in total. The Hall–Kier alpha value is -1.28. The average molecular weight is 231 g/mol. The largest absolute Gasteiger partial charge is 0.494 e. The molecule has 2 heteroatoms. The molecule has 0 aromatic heterocycles. The van der Waals surface area contributed by atoms with Crippen LogP contribution in [0.5, 0.6) is 5.75 Å². The van der Waals surface area contributed by atoms with Crippen LogP contribution >= 0.6 is 0 Å². The second kappa shape index (κ2) is 6.45. The van der Waals surface area contributed by atoms with E-state index < -0.39 is 0 Å². The van der Waals surface area contributed by atoms with Gasteiger partial charge in [0, 0.05) is 6.54 Å². The zero-order chi connectivity index (χ0) is 11.9. The van der Waals surface area contributed by atoms with E-state index in [4.69, 9.17) is 4.74 Å². The molecule has 0 amide bonds. The molecule has 0 bridgehead atoms. The van der Waals surface area contributed by atoms with Crippen LogP contribution in [0.3, 0.4) is 0 Å². The molecule has 0 atom stereocenters. The molecule has 92 valence electrons. The molecule has 0 radical (unpaired) electrons. The average Bonchev–Trinajstić information content (AvgIpc) is 2.41. The highest BCUT2D eigenvalue weighted by Crippen LogP contribution is 2.22. The van der Waals surface area contributed by atoms with Gasteiger partial charge in [-0.2, -0.15) is 0 Å². The highest BCUT2D eigenvalue weighted by atomic mass is 16.5. The predicted molar refractivity (Wildman–Crippen MR) is 72.3 cm³/mol. The first-order valence-electron chi connectivity index (χ1n) is 6.53. The van der Waals surface area contributed by atoms with Gasteiger partial charge in [-0.05, 0) is 42.7 Å². The normalized spacial score (nSPS) is 15.5. The van der Waals surface area contributed by atoms with E-state index >= 15 is 0 Å². The van der Waals surface area contributed by atoms with Crippen LogP contribution in [0, 0.1) is 0 Å². The van der Waals surface area contributed by atoms with Crippen molar-refractivity contribution < 1.29 is 4.74 Å². The van der Waals surface area contributed by atoms with Gasteiger partial charge in [0.2, 0.25) is 0 Å². The predicted octanol–water partition coefficient (Wildman–Crippen LogP) is 3.24. The maximum Gasteiger partial charge on any atom is 0.119 e. The third-order valence-electron chi connectivity index (χ3n) is 3.06. The lowest BCUT2D eigenvalue weighted by Crippen LogP contribution is -2.19. The lowest BCUT2D eigenvalue weighted by molar-refractivity contribution is 0.309. The summed E-state index contributed by atoms with van der Waals surface area (Å²) >= 11 is 0. The molecular weight excluding hydrogens is 210 g/mol. The Morgan fingerprint density at radius 1 is 1.24 bits per heavy atom. The lowest BCUT2D eigenvalue weighted by atomic mass is 10.0. The van der Waals surface area contributed by atoms with Crippen LogP contribution in [-0.4, -0.2) is 19.7 Å². The molecule has 0 saturated heterocycles. The van der Waals surface area contributed by atoms with Crippen molar-refractivity contribution in [2.75, 3.05) is 19.7 Å². The molecule has 0 unspecified atom stereocenters. The fourth-order valence-corrected chi connectivity index (χ4v) is 1.98. The van der Waals surface area contributed by atoms with Crippen molar-refractivity contribution in [1.29, 1.82) is 0 Å². The van der Waals surface area contributed by atoms with E-state index in [1.165, 1.54) is 17.6 Å². The summed E-state index contributed by atoms with van der Waals surface area (Å²) in [5.74, 6) is 0.983. The number of unbranched alkanes of at least 4 members (excludes halogenated alkanes) is 1. The molecule has 0 fully saturated rings. The van der Waals surface area contributed by atoms with E-state index in [9.17, 15) is 0 Å². The molecular formula is C15H21NO. The first kappa shape index (κ1) is 12.2. The highest BCUT2D eigenvalue weighted by Gasteiger charge is 2.05. The van der Waals surface area contributed by atoms with Gasteiger partial charge in [-0.25, -0.2) is 0 Å². The van der Waals surface area contributed by atoms with E-state index in [0.29, 0.717) is 0 Å². The van der Waals surface area contributed by atoms with Crippen molar-refractivity contribution in [2.45, 2.75) is 26.2 Å². The third-order valence-corrected chi connectivity index (χ3v) is 3.06. The summed E-state index contributed by atoms with van der Waals surface area (Å²) in [6.07, 6.45) is 5.70.